The summed E-state index contributed by atoms with van der Waals surface area (Å²) in [6.45, 7) is 4.74. The Morgan fingerprint density at radius 3 is 1.68 bits per heavy atom. The van der Waals surface area contributed by atoms with Gasteiger partial charge in [-0.15, -0.1) is 0 Å². The third kappa shape index (κ3) is 3.76. The smallest absolute Gasteiger partial charge is 0.0165 e. The Morgan fingerprint density at radius 1 is 0.340 bits per heavy atom. The minimum atomic E-state index is -0.0313. The van der Waals surface area contributed by atoms with Crippen molar-refractivity contribution in [2.75, 3.05) is 0 Å². The molecule has 9 aromatic rings. The molecular weight excluding hydrogens is 565 g/mol. The first-order valence-corrected chi connectivity index (χ1v) is 16.6. The summed E-state index contributed by atoms with van der Waals surface area (Å²) in [5.41, 5.74) is 13.1. The zero-order chi connectivity index (χ0) is 31.3. The Bertz CT molecular complexity index is 2690. The van der Waals surface area contributed by atoms with Crippen molar-refractivity contribution >= 4 is 43.1 Å². The van der Waals surface area contributed by atoms with E-state index in [0.717, 1.165) is 0 Å². The highest BCUT2D eigenvalue weighted by molar-refractivity contribution is 6.25. The summed E-state index contributed by atoms with van der Waals surface area (Å²) in [6.07, 6.45) is 0. The Balaban J connectivity index is 1.10. The minimum Gasteiger partial charge on any atom is -0.0619 e. The molecule has 0 spiro atoms. The molecule has 0 aliphatic heterocycles. The lowest BCUT2D eigenvalue weighted by atomic mass is 9.80. The van der Waals surface area contributed by atoms with Crippen LogP contribution in [0.4, 0.5) is 0 Å². The first-order chi connectivity index (χ1) is 23.1. The van der Waals surface area contributed by atoms with E-state index >= 15 is 0 Å². The van der Waals surface area contributed by atoms with Gasteiger partial charge in [-0.3, -0.25) is 0 Å². The lowest BCUT2D eigenvalue weighted by molar-refractivity contribution is 0.666. The van der Waals surface area contributed by atoms with E-state index in [1.54, 1.807) is 0 Å². The fourth-order valence-corrected chi connectivity index (χ4v) is 8.62. The van der Waals surface area contributed by atoms with E-state index in [2.05, 4.69) is 172 Å². The number of benzene rings is 9. The van der Waals surface area contributed by atoms with Gasteiger partial charge in [-0.05, 0) is 111 Å². The van der Waals surface area contributed by atoms with Gasteiger partial charge in [0.2, 0.25) is 0 Å². The van der Waals surface area contributed by atoms with Gasteiger partial charge < -0.3 is 0 Å². The van der Waals surface area contributed by atoms with Crippen LogP contribution >= 0.6 is 0 Å². The number of rotatable bonds is 3. The molecule has 0 aromatic heterocycles. The highest BCUT2D eigenvalue weighted by atomic mass is 14.4. The van der Waals surface area contributed by atoms with Gasteiger partial charge in [-0.25, -0.2) is 0 Å². The largest absolute Gasteiger partial charge is 0.0619 e. The molecule has 0 nitrogen and oxygen atoms in total. The summed E-state index contributed by atoms with van der Waals surface area (Å²) < 4.78 is 0. The van der Waals surface area contributed by atoms with E-state index in [4.69, 9.17) is 0 Å². The molecule has 9 aromatic carbocycles. The van der Waals surface area contributed by atoms with Crippen LogP contribution in [0.15, 0.2) is 158 Å². The van der Waals surface area contributed by atoms with Gasteiger partial charge >= 0.3 is 0 Å². The van der Waals surface area contributed by atoms with Gasteiger partial charge in [0.05, 0.1) is 0 Å². The van der Waals surface area contributed by atoms with Crippen LogP contribution in [0.2, 0.25) is 0 Å². The predicted octanol–water partition coefficient (Wildman–Crippen LogP) is 13.0. The first-order valence-electron chi connectivity index (χ1n) is 16.6. The van der Waals surface area contributed by atoms with E-state index < -0.39 is 0 Å². The van der Waals surface area contributed by atoms with Crippen molar-refractivity contribution in [1.82, 2.24) is 0 Å². The molecule has 0 atom stereocenters. The molecule has 220 valence electrons. The molecular formula is C47H32. The summed E-state index contributed by atoms with van der Waals surface area (Å²) in [4.78, 5) is 0. The van der Waals surface area contributed by atoms with Crippen LogP contribution in [-0.4, -0.2) is 0 Å². The standard InChI is InChI=1S/C47H32/c1-47(2)43-16-6-5-15-40(43)42-26-22-35-28-34(21-24-39(35)46(42)47)37-14-4-3-13-36(37)32-11-8-12-33(27-32)38-23-19-31-18-17-29-9-7-10-30-20-25-41(38)45(31)44(29)30/h3-28H,1-2H3. The minimum absolute atomic E-state index is 0.0313. The summed E-state index contributed by atoms with van der Waals surface area (Å²) in [7, 11) is 0. The molecule has 1 aliphatic carbocycles. The molecule has 0 saturated heterocycles. The van der Waals surface area contributed by atoms with Crippen LogP contribution in [0.25, 0.3) is 87.6 Å². The molecule has 1 aliphatic rings. The highest BCUT2D eigenvalue weighted by Gasteiger charge is 2.36. The molecule has 0 saturated carbocycles. The van der Waals surface area contributed by atoms with Gasteiger partial charge in [0.1, 0.15) is 0 Å². The summed E-state index contributed by atoms with van der Waals surface area (Å²) in [6, 6.07) is 58.9. The van der Waals surface area contributed by atoms with Gasteiger partial charge in [-0.1, -0.05) is 159 Å². The average Bonchev–Trinajstić information content (AvgIpc) is 3.36. The van der Waals surface area contributed by atoms with Gasteiger partial charge in [0, 0.05) is 5.41 Å². The highest BCUT2D eigenvalue weighted by Crippen LogP contribution is 2.51. The maximum atomic E-state index is 2.39. The Hall–Kier alpha value is -5.72. The van der Waals surface area contributed by atoms with Crippen molar-refractivity contribution in [2.45, 2.75) is 19.3 Å². The van der Waals surface area contributed by atoms with Crippen LogP contribution in [0.5, 0.6) is 0 Å². The fraction of sp³-hybridized carbons (Fsp3) is 0.0638. The molecule has 0 N–H and O–H groups in total. The third-order valence-corrected chi connectivity index (χ3v) is 10.8. The molecule has 10 rings (SSSR count). The van der Waals surface area contributed by atoms with E-state index in [1.165, 1.54) is 98.7 Å². The molecule has 0 fully saturated rings. The summed E-state index contributed by atoms with van der Waals surface area (Å²) in [5, 5.41) is 10.6. The number of fused-ring (bicyclic) bond motifs is 5. The summed E-state index contributed by atoms with van der Waals surface area (Å²) >= 11 is 0. The van der Waals surface area contributed by atoms with Crippen molar-refractivity contribution < 1.29 is 0 Å². The van der Waals surface area contributed by atoms with Gasteiger partial charge in [0.15, 0.2) is 0 Å². The van der Waals surface area contributed by atoms with E-state index in [0.29, 0.717) is 0 Å². The molecule has 0 heteroatoms. The number of hydrogen-bond acceptors (Lipinski definition) is 0. The van der Waals surface area contributed by atoms with Crippen molar-refractivity contribution in [3.05, 3.63) is 169 Å². The van der Waals surface area contributed by atoms with Crippen LogP contribution in [0, 0.1) is 0 Å². The number of hydrogen-bond donors (Lipinski definition) is 0. The molecule has 0 heterocycles. The first kappa shape index (κ1) is 26.5. The Labute approximate surface area is 274 Å². The molecule has 0 unspecified atom stereocenters. The van der Waals surface area contributed by atoms with Crippen LogP contribution in [-0.2, 0) is 5.41 Å². The normalized spacial score (nSPS) is 13.5. The molecule has 0 bridgehead atoms. The van der Waals surface area contributed by atoms with Crippen molar-refractivity contribution in [1.29, 1.82) is 0 Å². The quantitative estimate of drug-likeness (QED) is 0.178. The average molecular weight is 597 g/mol. The van der Waals surface area contributed by atoms with E-state index in [1.807, 2.05) is 0 Å². The maximum absolute atomic E-state index is 2.39. The van der Waals surface area contributed by atoms with Crippen molar-refractivity contribution in [3.63, 3.8) is 0 Å². The summed E-state index contributed by atoms with van der Waals surface area (Å²) in [5.74, 6) is 0. The topological polar surface area (TPSA) is 0 Å². The SMILES string of the molecule is CC1(C)c2ccccc2-c2ccc3cc(-c4ccccc4-c4cccc(-c5ccc6ccc7cccc8ccc5c6c78)c4)ccc3c21. The van der Waals surface area contributed by atoms with Crippen molar-refractivity contribution in [2.24, 2.45) is 0 Å². The predicted molar refractivity (Wildman–Crippen MR) is 202 cm³/mol. The fourth-order valence-electron chi connectivity index (χ4n) is 8.62. The molecule has 47 heavy (non-hydrogen) atoms. The zero-order valence-corrected chi connectivity index (χ0v) is 26.5. The lowest BCUT2D eigenvalue weighted by Gasteiger charge is -2.23. The molecule has 0 radical (unpaired) electrons. The Morgan fingerprint density at radius 2 is 0.894 bits per heavy atom. The van der Waals surface area contributed by atoms with Gasteiger partial charge in [-0.2, -0.15) is 0 Å². The van der Waals surface area contributed by atoms with Crippen LogP contribution < -0.4 is 0 Å². The van der Waals surface area contributed by atoms with Gasteiger partial charge in [0.25, 0.3) is 0 Å². The Kier molecular flexibility index (Phi) is 5.44. The lowest BCUT2D eigenvalue weighted by Crippen LogP contribution is -2.15. The second-order valence-electron chi connectivity index (χ2n) is 13.7. The third-order valence-electron chi connectivity index (χ3n) is 10.8. The maximum Gasteiger partial charge on any atom is 0.0165 e. The van der Waals surface area contributed by atoms with E-state index in [9.17, 15) is 0 Å². The zero-order valence-electron chi connectivity index (χ0n) is 26.5. The van der Waals surface area contributed by atoms with Crippen molar-refractivity contribution in [3.8, 4) is 44.5 Å². The second kappa shape index (κ2) is 9.64. The van der Waals surface area contributed by atoms with Crippen LogP contribution in [0.3, 0.4) is 0 Å². The molecule has 0 amide bonds. The van der Waals surface area contributed by atoms with E-state index in [-0.39, 0.29) is 5.41 Å². The second-order valence-corrected chi connectivity index (χ2v) is 13.7. The monoisotopic (exact) mass is 596 g/mol. The van der Waals surface area contributed by atoms with Crippen LogP contribution in [0.1, 0.15) is 25.0 Å².